The van der Waals surface area contributed by atoms with E-state index < -0.39 is 0 Å². The highest BCUT2D eigenvalue weighted by Crippen LogP contribution is 2.38. The van der Waals surface area contributed by atoms with Crippen LogP contribution in [-0.2, 0) is 0 Å². The molecule has 16 heavy (non-hydrogen) atoms. The molecule has 0 aromatic rings. The Balaban J connectivity index is 1.98. The van der Waals surface area contributed by atoms with Gasteiger partial charge in [-0.3, -0.25) is 4.90 Å². The number of hydrogen-bond acceptors (Lipinski definition) is 2. The Hall–Kier alpha value is -0.0800. The molecule has 2 nitrogen and oxygen atoms in total. The third-order valence-corrected chi connectivity index (χ3v) is 4.57. The van der Waals surface area contributed by atoms with E-state index in [-0.39, 0.29) is 0 Å². The second-order valence-electron chi connectivity index (χ2n) is 5.64. The number of nitrogens with one attached hydrogen (secondary N) is 1. The van der Waals surface area contributed by atoms with Gasteiger partial charge in [0.15, 0.2) is 0 Å². The summed E-state index contributed by atoms with van der Waals surface area (Å²) in [4.78, 5) is 2.85. The van der Waals surface area contributed by atoms with Crippen molar-refractivity contribution in [1.29, 1.82) is 0 Å². The van der Waals surface area contributed by atoms with Crippen molar-refractivity contribution in [1.82, 2.24) is 10.2 Å². The average molecular weight is 224 g/mol. The van der Waals surface area contributed by atoms with Crippen molar-refractivity contribution >= 4 is 0 Å². The van der Waals surface area contributed by atoms with Crippen LogP contribution in [0.2, 0.25) is 0 Å². The lowest BCUT2D eigenvalue weighted by Gasteiger charge is -2.43. The van der Waals surface area contributed by atoms with Crippen molar-refractivity contribution in [3.8, 4) is 0 Å². The largest absolute Gasteiger partial charge is 0.318 e. The van der Waals surface area contributed by atoms with E-state index in [4.69, 9.17) is 0 Å². The van der Waals surface area contributed by atoms with Gasteiger partial charge in [-0.15, -0.1) is 0 Å². The first-order chi connectivity index (χ1) is 7.86. The Bertz CT molecular complexity index is 199. The molecule has 1 saturated heterocycles. The standard InChI is InChI=1S/C14H28N2/c1-3-6-13(11-15-2)16-10-5-8-12-7-4-9-14(12)16/h12-15H,3-11H2,1-2H3. The summed E-state index contributed by atoms with van der Waals surface area (Å²) in [7, 11) is 2.10. The molecular formula is C14H28N2. The van der Waals surface area contributed by atoms with Gasteiger partial charge in [-0.05, 0) is 51.6 Å². The summed E-state index contributed by atoms with van der Waals surface area (Å²) >= 11 is 0. The van der Waals surface area contributed by atoms with Gasteiger partial charge in [0.2, 0.25) is 0 Å². The molecule has 3 unspecified atom stereocenters. The number of fused-ring (bicyclic) bond motifs is 1. The Morgan fingerprint density at radius 3 is 2.81 bits per heavy atom. The van der Waals surface area contributed by atoms with Crippen LogP contribution in [0.4, 0.5) is 0 Å². The smallest absolute Gasteiger partial charge is 0.0223 e. The summed E-state index contributed by atoms with van der Waals surface area (Å²) in [5.74, 6) is 1.03. The number of nitrogens with zero attached hydrogens (tertiary/aromatic N) is 1. The number of rotatable bonds is 5. The lowest BCUT2D eigenvalue weighted by atomic mass is 9.90. The van der Waals surface area contributed by atoms with E-state index in [9.17, 15) is 0 Å². The third-order valence-electron chi connectivity index (χ3n) is 4.57. The molecule has 94 valence electrons. The SMILES string of the molecule is CCCC(CNC)N1CCCC2CCCC21. The normalized spacial score (nSPS) is 32.6. The molecule has 2 fully saturated rings. The van der Waals surface area contributed by atoms with E-state index in [1.54, 1.807) is 0 Å². The van der Waals surface area contributed by atoms with Gasteiger partial charge in [-0.2, -0.15) is 0 Å². The topological polar surface area (TPSA) is 15.3 Å². The highest BCUT2D eigenvalue weighted by molar-refractivity contribution is 4.92. The van der Waals surface area contributed by atoms with E-state index in [0.29, 0.717) is 0 Å². The molecule has 0 aromatic carbocycles. The van der Waals surface area contributed by atoms with Crippen LogP contribution in [0.15, 0.2) is 0 Å². The Labute approximate surface area is 101 Å². The molecule has 1 heterocycles. The minimum atomic E-state index is 0.792. The van der Waals surface area contributed by atoms with Crippen LogP contribution in [0.3, 0.4) is 0 Å². The molecule has 0 spiro atoms. The average Bonchev–Trinajstić information content (AvgIpc) is 2.76. The molecule has 1 saturated carbocycles. The van der Waals surface area contributed by atoms with Crippen LogP contribution in [0.25, 0.3) is 0 Å². The molecule has 0 bridgehead atoms. The van der Waals surface area contributed by atoms with Gasteiger partial charge in [-0.25, -0.2) is 0 Å². The van der Waals surface area contributed by atoms with Crippen LogP contribution in [-0.4, -0.2) is 37.1 Å². The van der Waals surface area contributed by atoms with Crippen molar-refractivity contribution in [3.63, 3.8) is 0 Å². The van der Waals surface area contributed by atoms with Crippen LogP contribution in [0.1, 0.15) is 51.9 Å². The first kappa shape index (κ1) is 12.4. The number of hydrogen-bond donors (Lipinski definition) is 1. The summed E-state index contributed by atoms with van der Waals surface area (Å²) in [6.45, 7) is 4.85. The molecule has 1 N–H and O–H groups in total. The first-order valence-corrected chi connectivity index (χ1v) is 7.27. The highest BCUT2D eigenvalue weighted by Gasteiger charge is 2.37. The fourth-order valence-corrected chi connectivity index (χ4v) is 3.90. The molecule has 1 aliphatic heterocycles. The quantitative estimate of drug-likeness (QED) is 0.772. The maximum Gasteiger partial charge on any atom is 0.0223 e. The van der Waals surface area contributed by atoms with Crippen molar-refractivity contribution in [2.75, 3.05) is 20.1 Å². The minimum absolute atomic E-state index is 0.792. The lowest BCUT2D eigenvalue weighted by Crippen LogP contribution is -2.51. The molecule has 3 atom stereocenters. The first-order valence-electron chi connectivity index (χ1n) is 7.27. The Morgan fingerprint density at radius 1 is 1.25 bits per heavy atom. The van der Waals surface area contributed by atoms with Crippen molar-refractivity contribution in [2.24, 2.45) is 5.92 Å². The summed E-state index contributed by atoms with van der Waals surface area (Å²) in [5, 5.41) is 3.39. The van der Waals surface area contributed by atoms with E-state index in [1.807, 2.05) is 0 Å². The van der Waals surface area contributed by atoms with Gasteiger partial charge in [-0.1, -0.05) is 19.8 Å². The fraction of sp³-hybridized carbons (Fsp3) is 1.00. The molecule has 2 heteroatoms. The van der Waals surface area contributed by atoms with Crippen molar-refractivity contribution < 1.29 is 0 Å². The number of likely N-dealkylation sites (N-methyl/N-ethyl adjacent to an activating group) is 1. The molecule has 0 aromatic heterocycles. The zero-order valence-corrected chi connectivity index (χ0v) is 11.0. The van der Waals surface area contributed by atoms with Crippen LogP contribution >= 0.6 is 0 Å². The molecule has 2 rings (SSSR count). The third kappa shape index (κ3) is 2.60. The molecule has 1 aliphatic carbocycles. The maximum absolute atomic E-state index is 3.39. The summed E-state index contributed by atoms with van der Waals surface area (Å²) in [5.41, 5.74) is 0. The van der Waals surface area contributed by atoms with E-state index >= 15 is 0 Å². The summed E-state index contributed by atoms with van der Waals surface area (Å²) < 4.78 is 0. The van der Waals surface area contributed by atoms with Gasteiger partial charge in [0.05, 0.1) is 0 Å². The molecule has 0 amide bonds. The zero-order chi connectivity index (χ0) is 11.4. The molecule has 0 radical (unpaired) electrons. The molecular weight excluding hydrogens is 196 g/mol. The summed E-state index contributed by atoms with van der Waals surface area (Å²) in [6.07, 6.45) is 10.1. The number of piperidine rings is 1. The molecule has 2 aliphatic rings. The van der Waals surface area contributed by atoms with Gasteiger partial charge in [0.25, 0.3) is 0 Å². The Kier molecular flexibility index (Phi) is 4.66. The van der Waals surface area contributed by atoms with Gasteiger partial charge in [0, 0.05) is 18.6 Å². The van der Waals surface area contributed by atoms with Gasteiger partial charge >= 0.3 is 0 Å². The minimum Gasteiger partial charge on any atom is -0.318 e. The van der Waals surface area contributed by atoms with E-state index in [1.165, 1.54) is 58.0 Å². The predicted molar refractivity (Wildman–Crippen MR) is 69.7 cm³/mol. The zero-order valence-electron chi connectivity index (χ0n) is 11.0. The highest BCUT2D eigenvalue weighted by atomic mass is 15.2. The van der Waals surface area contributed by atoms with Gasteiger partial charge < -0.3 is 5.32 Å². The second-order valence-corrected chi connectivity index (χ2v) is 5.64. The lowest BCUT2D eigenvalue weighted by molar-refractivity contribution is 0.0632. The van der Waals surface area contributed by atoms with Crippen LogP contribution in [0.5, 0.6) is 0 Å². The van der Waals surface area contributed by atoms with Crippen molar-refractivity contribution in [2.45, 2.75) is 64.0 Å². The Morgan fingerprint density at radius 2 is 2.06 bits per heavy atom. The van der Waals surface area contributed by atoms with E-state index in [0.717, 1.165) is 18.0 Å². The summed E-state index contributed by atoms with van der Waals surface area (Å²) in [6, 6.07) is 1.72. The van der Waals surface area contributed by atoms with Crippen LogP contribution < -0.4 is 5.32 Å². The maximum atomic E-state index is 3.39. The predicted octanol–water partition coefficient (Wildman–Crippen LogP) is 2.64. The second kappa shape index (κ2) is 6.02. The monoisotopic (exact) mass is 224 g/mol. The van der Waals surface area contributed by atoms with Crippen LogP contribution in [0, 0.1) is 5.92 Å². The number of likely N-dealkylation sites (tertiary alicyclic amines) is 1. The fourth-order valence-electron chi connectivity index (χ4n) is 3.90. The van der Waals surface area contributed by atoms with Gasteiger partial charge in [0.1, 0.15) is 0 Å². The van der Waals surface area contributed by atoms with E-state index in [2.05, 4.69) is 24.2 Å². The van der Waals surface area contributed by atoms with Crippen molar-refractivity contribution in [3.05, 3.63) is 0 Å².